The van der Waals surface area contributed by atoms with Gasteiger partial charge in [-0.2, -0.15) is 0 Å². The van der Waals surface area contributed by atoms with Crippen LogP contribution in [0.3, 0.4) is 0 Å². The predicted molar refractivity (Wildman–Crippen MR) is 108 cm³/mol. The van der Waals surface area contributed by atoms with Gasteiger partial charge in [-0.1, -0.05) is 41.9 Å². The fourth-order valence-corrected chi connectivity index (χ4v) is 2.71. The van der Waals surface area contributed by atoms with Gasteiger partial charge in [0.05, 0.1) is 23.9 Å². The minimum absolute atomic E-state index is 0.245. The summed E-state index contributed by atoms with van der Waals surface area (Å²) in [6.07, 6.45) is 2.80. The third-order valence-corrected chi connectivity index (χ3v) is 4.20. The maximum atomic E-state index is 12.6. The summed E-state index contributed by atoms with van der Waals surface area (Å²) in [6.45, 7) is 0.385. The lowest BCUT2D eigenvalue weighted by molar-refractivity contribution is 0.0950. The molecule has 2 aromatic carbocycles. The van der Waals surface area contributed by atoms with E-state index in [1.165, 1.54) is 25.6 Å². The molecule has 0 saturated heterocycles. The van der Waals surface area contributed by atoms with Crippen molar-refractivity contribution in [1.82, 2.24) is 10.3 Å². The van der Waals surface area contributed by atoms with E-state index in [-0.39, 0.29) is 11.5 Å². The van der Waals surface area contributed by atoms with Gasteiger partial charge in [0, 0.05) is 24.0 Å². The van der Waals surface area contributed by atoms with E-state index in [0.717, 1.165) is 5.56 Å². The summed E-state index contributed by atoms with van der Waals surface area (Å²) in [7, 11) is 1.50. The Morgan fingerprint density at radius 2 is 1.71 bits per heavy atom. The molecule has 1 heterocycles. The standard InChI is InChI=1S/C21H18ClN3O3/c1-28-19-8-7-17(22)10-18(19)25-21(27)16-9-15(12-23-13-16)20(26)24-11-14-5-3-2-4-6-14/h2-10,12-13H,11H2,1H3,(H,24,26)(H,25,27). The molecule has 142 valence electrons. The van der Waals surface area contributed by atoms with Gasteiger partial charge in [-0.25, -0.2) is 0 Å². The van der Waals surface area contributed by atoms with Crippen molar-refractivity contribution in [2.75, 3.05) is 12.4 Å². The van der Waals surface area contributed by atoms with Crippen molar-refractivity contribution in [2.24, 2.45) is 0 Å². The van der Waals surface area contributed by atoms with Gasteiger partial charge in [0.25, 0.3) is 11.8 Å². The molecule has 0 spiro atoms. The molecule has 0 unspecified atom stereocenters. The number of methoxy groups -OCH3 is 1. The lowest BCUT2D eigenvalue weighted by atomic mass is 10.1. The lowest BCUT2D eigenvalue weighted by Gasteiger charge is -2.11. The summed E-state index contributed by atoms with van der Waals surface area (Å²) in [5.74, 6) is -0.264. The molecule has 0 radical (unpaired) electrons. The Balaban J connectivity index is 1.71. The molecule has 0 fully saturated rings. The number of halogens is 1. The zero-order valence-electron chi connectivity index (χ0n) is 15.1. The zero-order chi connectivity index (χ0) is 19.9. The van der Waals surface area contributed by atoms with E-state index >= 15 is 0 Å². The first kappa shape index (κ1) is 19.4. The van der Waals surface area contributed by atoms with E-state index in [0.29, 0.717) is 28.6 Å². The smallest absolute Gasteiger partial charge is 0.257 e. The molecule has 0 aliphatic heterocycles. The molecule has 0 aliphatic carbocycles. The van der Waals surface area contributed by atoms with E-state index in [1.54, 1.807) is 18.2 Å². The Kier molecular flexibility index (Phi) is 6.24. The maximum Gasteiger partial charge on any atom is 0.257 e. The van der Waals surface area contributed by atoms with Gasteiger partial charge in [-0.3, -0.25) is 14.6 Å². The molecule has 2 N–H and O–H groups in total. The van der Waals surface area contributed by atoms with Crippen molar-refractivity contribution in [2.45, 2.75) is 6.54 Å². The first-order chi connectivity index (χ1) is 13.6. The number of rotatable bonds is 6. The van der Waals surface area contributed by atoms with Crippen molar-refractivity contribution in [3.63, 3.8) is 0 Å². The summed E-state index contributed by atoms with van der Waals surface area (Å²) in [4.78, 5) is 28.9. The van der Waals surface area contributed by atoms with E-state index < -0.39 is 5.91 Å². The van der Waals surface area contributed by atoms with Crippen LogP contribution in [0.4, 0.5) is 5.69 Å². The van der Waals surface area contributed by atoms with Gasteiger partial charge in [-0.05, 0) is 29.8 Å². The average molecular weight is 396 g/mol. The molecule has 1 aromatic heterocycles. The number of nitrogens with zero attached hydrogens (tertiary/aromatic N) is 1. The highest BCUT2D eigenvalue weighted by molar-refractivity contribution is 6.31. The summed E-state index contributed by atoms with van der Waals surface area (Å²) in [6, 6.07) is 15.9. The molecule has 3 aromatic rings. The molecule has 0 saturated carbocycles. The van der Waals surface area contributed by atoms with Crippen molar-refractivity contribution in [1.29, 1.82) is 0 Å². The Morgan fingerprint density at radius 3 is 2.43 bits per heavy atom. The van der Waals surface area contributed by atoms with Gasteiger partial charge >= 0.3 is 0 Å². The highest BCUT2D eigenvalue weighted by atomic mass is 35.5. The molecule has 3 rings (SSSR count). The van der Waals surface area contributed by atoms with Crippen LogP contribution in [0.1, 0.15) is 26.3 Å². The summed E-state index contributed by atoms with van der Waals surface area (Å²) < 4.78 is 5.22. The molecule has 0 aliphatic rings. The minimum atomic E-state index is -0.425. The topological polar surface area (TPSA) is 80.3 Å². The van der Waals surface area contributed by atoms with Gasteiger partial charge in [-0.15, -0.1) is 0 Å². The summed E-state index contributed by atoms with van der Waals surface area (Å²) in [5, 5.41) is 5.99. The van der Waals surface area contributed by atoms with Crippen molar-refractivity contribution >= 4 is 29.1 Å². The normalized spacial score (nSPS) is 10.2. The van der Waals surface area contributed by atoms with Gasteiger partial charge in [0.15, 0.2) is 0 Å². The number of ether oxygens (including phenoxy) is 1. The van der Waals surface area contributed by atoms with Crippen LogP contribution in [0.25, 0.3) is 0 Å². The number of amides is 2. The van der Waals surface area contributed by atoms with E-state index in [1.807, 2.05) is 30.3 Å². The van der Waals surface area contributed by atoms with Crippen LogP contribution >= 0.6 is 11.6 Å². The quantitative estimate of drug-likeness (QED) is 0.662. The molecule has 28 heavy (non-hydrogen) atoms. The monoisotopic (exact) mass is 395 g/mol. The molecule has 0 bridgehead atoms. The molecule has 7 heteroatoms. The molecule has 0 atom stereocenters. The predicted octanol–water partition coefficient (Wildman–Crippen LogP) is 3.93. The number of pyridine rings is 1. The fraction of sp³-hybridized carbons (Fsp3) is 0.0952. The number of hydrogen-bond donors (Lipinski definition) is 2. The SMILES string of the molecule is COc1ccc(Cl)cc1NC(=O)c1cncc(C(=O)NCc2ccccc2)c1. The zero-order valence-corrected chi connectivity index (χ0v) is 15.9. The third-order valence-electron chi connectivity index (χ3n) is 3.97. The first-order valence-corrected chi connectivity index (χ1v) is 8.86. The van der Waals surface area contributed by atoms with Gasteiger partial charge < -0.3 is 15.4 Å². The first-order valence-electron chi connectivity index (χ1n) is 8.49. The van der Waals surface area contributed by atoms with Crippen LogP contribution in [0.2, 0.25) is 5.02 Å². The number of aromatic nitrogens is 1. The lowest BCUT2D eigenvalue weighted by Crippen LogP contribution is -2.23. The number of hydrogen-bond acceptors (Lipinski definition) is 4. The Hall–Kier alpha value is -3.38. The maximum absolute atomic E-state index is 12.6. The molecule has 6 nitrogen and oxygen atoms in total. The van der Waals surface area contributed by atoms with E-state index in [9.17, 15) is 9.59 Å². The Bertz CT molecular complexity index is 993. The van der Waals surface area contributed by atoms with Crippen LogP contribution in [0.15, 0.2) is 67.0 Å². The summed E-state index contributed by atoms with van der Waals surface area (Å²) >= 11 is 5.98. The third kappa shape index (κ3) is 4.86. The fourth-order valence-electron chi connectivity index (χ4n) is 2.54. The number of carbonyl (C=O) groups is 2. The molecular formula is C21H18ClN3O3. The minimum Gasteiger partial charge on any atom is -0.495 e. The number of carbonyl (C=O) groups excluding carboxylic acids is 2. The van der Waals surface area contributed by atoms with Crippen molar-refractivity contribution in [3.05, 3.63) is 88.7 Å². The Morgan fingerprint density at radius 1 is 1.00 bits per heavy atom. The number of benzene rings is 2. The van der Waals surface area contributed by atoms with Gasteiger partial charge in [0.1, 0.15) is 5.75 Å². The second kappa shape index (κ2) is 9.01. The van der Waals surface area contributed by atoms with Crippen LogP contribution in [0.5, 0.6) is 5.75 Å². The number of anilines is 1. The highest BCUT2D eigenvalue weighted by Gasteiger charge is 2.14. The van der Waals surface area contributed by atoms with Gasteiger partial charge in [0.2, 0.25) is 0 Å². The molecular weight excluding hydrogens is 378 g/mol. The second-order valence-electron chi connectivity index (χ2n) is 5.93. The highest BCUT2D eigenvalue weighted by Crippen LogP contribution is 2.28. The van der Waals surface area contributed by atoms with Crippen LogP contribution in [-0.2, 0) is 6.54 Å². The Labute approximate surface area is 167 Å². The van der Waals surface area contributed by atoms with E-state index in [4.69, 9.17) is 16.3 Å². The second-order valence-corrected chi connectivity index (χ2v) is 6.37. The van der Waals surface area contributed by atoms with Crippen LogP contribution in [-0.4, -0.2) is 23.9 Å². The number of nitrogens with one attached hydrogen (secondary N) is 2. The average Bonchev–Trinajstić information content (AvgIpc) is 2.73. The molecule has 2 amide bonds. The van der Waals surface area contributed by atoms with Crippen molar-refractivity contribution in [3.8, 4) is 5.75 Å². The van der Waals surface area contributed by atoms with E-state index in [2.05, 4.69) is 15.6 Å². The van der Waals surface area contributed by atoms with Crippen LogP contribution in [0, 0.1) is 0 Å². The largest absolute Gasteiger partial charge is 0.495 e. The summed E-state index contributed by atoms with van der Waals surface area (Å²) in [5.41, 5.74) is 1.95. The van der Waals surface area contributed by atoms with Crippen molar-refractivity contribution < 1.29 is 14.3 Å². The van der Waals surface area contributed by atoms with Crippen LogP contribution < -0.4 is 15.4 Å².